The van der Waals surface area contributed by atoms with Crippen molar-refractivity contribution in [1.29, 1.82) is 0 Å². The van der Waals surface area contributed by atoms with Crippen molar-refractivity contribution in [3.63, 3.8) is 0 Å². The van der Waals surface area contributed by atoms with Crippen LogP contribution in [0.2, 0.25) is 0 Å². The molecule has 2 unspecified atom stereocenters. The average molecular weight is 347 g/mol. The molecule has 0 amide bonds. The standard InChI is InChI=1S/C18H25N3O2S/c1-13(22-2)18-20-14(12-24-18)11-21-9-8-19-10-16(21)15-6-4-5-7-17(15)23-3/h4-7,12-13,16,19H,8-11H2,1-3H3. The van der Waals surface area contributed by atoms with E-state index in [-0.39, 0.29) is 6.10 Å². The van der Waals surface area contributed by atoms with Gasteiger partial charge in [-0.05, 0) is 13.0 Å². The minimum atomic E-state index is 0.0526. The van der Waals surface area contributed by atoms with Crippen LogP contribution in [0.5, 0.6) is 5.75 Å². The van der Waals surface area contributed by atoms with Crippen LogP contribution < -0.4 is 10.1 Å². The highest BCUT2D eigenvalue weighted by Crippen LogP contribution is 2.31. The van der Waals surface area contributed by atoms with Gasteiger partial charge in [0.25, 0.3) is 0 Å². The molecule has 1 aromatic carbocycles. The van der Waals surface area contributed by atoms with Crippen molar-refractivity contribution in [3.05, 3.63) is 45.9 Å². The van der Waals surface area contributed by atoms with Crippen LogP contribution in [0.15, 0.2) is 29.6 Å². The van der Waals surface area contributed by atoms with E-state index in [2.05, 4.69) is 27.7 Å². The molecule has 1 saturated heterocycles. The Morgan fingerprint density at radius 2 is 2.21 bits per heavy atom. The van der Waals surface area contributed by atoms with Crippen LogP contribution >= 0.6 is 11.3 Å². The molecular formula is C18H25N3O2S. The summed E-state index contributed by atoms with van der Waals surface area (Å²) in [7, 11) is 3.46. The normalized spacial score (nSPS) is 20.0. The van der Waals surface area contributed by atoms with Crippen molar-refractivity contribution < 1.29 is 9.47 Å². The molecular weight excluding hydrogens is 322 g/mol. The van der Waals surface area contributed by atoms with Gasteiger partial charge in [-0.3, -0.25) is 4.90 Å². The number of para-hydroxylation sites is 1. The second-order valence-corrected chi connectivity index (χ2v) is 6.88. The third-order valence-electron chi connectivity index (χ3n) is 4.49. The molecule has 1 aromatic heterocycles. The Labute approximate surface area is 147 Å². The van der Waals surface area contributed by atoms with E-state index in [0.29, 0.717) is 6.04 Å². The maximum absolute atomic E-state index is 5.56. The van der Waals surface area contributed by atoms with Crippen LogP contribution in [0.3, 0.4) is 0 Å². The van der Waals surface area contributed by atoms with E-state index in [4.69, 9.17) is 14.5 Å². The number of piperazine rings is 1. The van der Waals surface area contributed by atoms with E-state index < -0.39 is 0 Å². The van der Waals surface area contributed by atoms with E-state index in [1.165, 1.54) is 5.56 Å². The SMILES string of the molecule is COc1ccccc1C1CNCCN1Cc1csc(C(C)OC)n1. The number of nitrogens with zero attached hydrogens (tertiary/aromatic N) is 2. The van der Waals surface area contributed by atoms with Gasteiger partial charge in [0.15, 0.2) is 0 Å². The molecule has 0 saturated carbocycles. The molecule has 5 nitrogen and oxygen atoms in total. The number of hydrogen-bond acceptors (Lipinski definition) is 6. The quantitative estimate of drug-likeness (QED) is 0.870. The Morgan fingerprint density at radius 3 is 3.00 bits per heavy atom. The largest absolute Gasteiger partial charge is 0.496 e. The van der Waals surface area contributed by atoms with Gasteiger partial charge in [-0.1, -0.05) is 18.2 Å². The Kier molecular flexibility index (Phi) is 5.84. The molecule has 6 heteroatoms. The number of hydrogen-bond donors (Lipinski definition) is 1. The lowest BCUT2D eigenvalue weighted by molar-refractivity contribution is 0.118. The number of aromatic nitrogens is 1. The number of ether oxygens (including phenoxy) is 2. The van der Waals surface area contributed by atoms with Crippen molar-refractivity contribution in [1.82, 2.24) is 15.2 Å². The highest BCUT2D eigenvalue weighted by Gasteiger charge is 2.26. The van der Waals surface area contributed by atoms with Gasteiger partial charge in [0, 0.05) is 44.2 Å². The molecule has 0 bridgehead atoms. The average Bonchev–Trinajstić information content (AvgIpc) is 3.10. The molecule has 1 fully saturated rings. The first-order valence-electron chi connectivity index (χ1n) is 8.27. The molecule has 1 aliphatic rings. The van der Waals surface area contributed by atoms with Crippen LogP contribution in [0, 0.1) is 0 Å². The molecule has 3 rings (SSSR count). The summed E-state index contributed by atoms with van der Waals surface area (Å²) in [6.07, 6.45) is 0.0526. The zero-order valence-electron chi connectivity index (χ0n) is 14.5. The molecule has 130 valence electrons. The van der Waals surface area contributed by atoms with E-state index in [1.54, 1.807) is 25.6 Å². The third kappa shape index (κ3) is 3.78. The fraction of sp³-hybridized carbons (Fsp3) is 0.500. The lowest BCUT2D eigenvalue weighted by Crippen LogP contribution is -2.45. The van der Waals surface area contributed by atoms with Crippen LogP contribution in [-0.2, 0) is 11.3 Å². The number of rotatable bonds is 6. The minimum absolute atomic E-state index is 0.0526. The number of nitrogens with one attached hydrogen (secondary N) is 1. The van der Waals surface area contributed by atoms with Crippen LogP contribution in [0.1, 0.15) is 35.3 Å². The van der Waals surface area contributed by atoms with Gasteiger partial charge in [0.05, 0.1) is 18.8 Å². The number of benzene rings is 1. The van der Waals surface area contributed by atoms with Gasteiger partial charge in [-0.25, -0.2) is 4.98 Å². The van der Waals surface area contributed by atoms with Crippen LogP contribution in [0.4, 0.5) is 0 Å². The molecule has 1 aliphatic heterocycles. The van der Waals surface area contributed by atoms with Gasteiger partial charge < -0.3 is 14.8 Å². The van der Waals surface area contributed by atoms with Crippen molar-refractivity contribution >= 4 is 11.3 Å². The van der Waals surface area contributed by atoms with Crippen molar-refractivity contribution in [3.8, 4) is 5.75 Å². The number of thiazole rings is 1. The van der Waals surface area contributed by atoms with Gasteiger partial charge in [0.2, 0.25) is 0 Å². The first-order valence-corrected chi connectivity index (χ1v) is 9.15. The zero-order chi connectivity index (χ0) is 16.9. The summed E-state index contributed by atoms with van der Waals surface area (Å²) in [5, 5.41) is 6.68. The minimum Gasteiger partial charge on any atom is -0.496 e. The van der Waals surface area contributed by atoms with Gasteiger partial charge >= 0.3 is 0 Å². The predicted molar refractivity (Wildman–Crippen MR) is 96.6 cm³/mol. The summed E-state index contributed by atoms with van der Waals surface area (Å²) in [4.78, 5) is 7.22. The second kappa shape index (κ2) is 8.07. The predicted octanol–water partition coefficient (Wildman–Crippen LogP) is 3.01. The first kappa shape index (κ1) is 17.4. The fourth-order valence-electron chi connectivity index (χ4n) is 3.07. The summed E-state index contributed by atoms with van der Waals surface area (Å²) in [6.45, 7) is 5.79. The summed E-state index contributed by atoms with van der Waals surface area (Å²) in [5.41, 5.74) is 2.34. The third-order valence-corrected chi connectivity index (χ3v) is 5.54. The summed E-state index contributed by atoms with van der Waals surface area (Å²) >= 11 is 1.67. The lowest BCUT2D eigenvalue weighted by atomic mass is 10.0. The molecule has 2 aromatic rings. The van der Waals surface area contributed by atoms with E-state index in [9.17, 15) is 0 Å². The molecule has 2 heterocycles. The van der Waals surface area contributed by atoms with E-state index >= 15 is 0 Å². The Balaban J connectivity index is 1.78. The topological polar surface area (TPSA) is 46.6 Å². The van der Waals surface area contributed by atoms with E-state index in [1.807, 2.05) is 19.1 Å². The molecule has 2 atom stereocenters. The monoisotopic (exact) mass is 347 g/mol. The summed E-state index contributed by atoms with van der Waals surface area (Å²) < 4.78 is 10.9. The molecule has 0 aliphatic carbocycles. The summed E-state index contributed by atoms with van der Waals surface area (Å²) in [5.74, 6) is 0.947. The smallest absolute Gasteiger partial charge is 0.123 e. The Bertz CT molecular complexity index is 661. The summed E-state index contributed by atoms with van der Waals surface area (Å²) in [6, 6.07) is 8.57. The first-order chi connectivity index (χ1) is 11.7. The Morgan fingerprint density at radius 1 is 1.38 bits per heavy atom. The highest BCUT2D eigenvalue weighted by atomic mass is 32.1. The Hall–Kier alpha value is -1.47. The van der Waals surface area contributed by atoms with Crippen molar-refractivity contribution in [2.24, 2.45) is 0 Å². The molecule has 0 spiro atoms. The van der Waals surface area contributed by atoms with Gasteiger partial charge in [-0.15, -0.1) is 11.3 Å². The van der Waals surface area contributed by atoms with Crippen molar-refractivity contribution in [2.45, 2.75) is 25.6 Å². The zero-order valence-corrected chi connectivity index (χ0v) is 15.3. The van der Waals surface area contributed by atoms with Crippen LogP contribution in [0.25, 0.3) is 0 Å². The second-order valence-electron chi connectivity index (χ2n) is 5.99. The molecule has 0 radical (unpaired) electrons. The number of methoxy groups -OCH3 is 2. The van der Waals surface area contributed by atoms with Crippen molar-refractivity contribution in [2.75, 3.05) is 33.9 Å². The lowest BCUT2D eigenvalue weighted by Gasteiger charge is -2.36. The van der Waals surface area contributed by atoms with Crippen LogP contribution in [-0.4, -0.2) is 43.7 Å². The maximum Gasteiger partial charge on any atom is 0.123 e. The highest BCUT2D eigenvalue weighted by molar-refractivity contribution is 7.09. The fourth-order valence-corrected chi connectivity index (χ4v) is 3.92. The van der Waals surface area contributed by atoms with Gasteiger partial charge in [-0.2, -0.15) is 0 Å². The van der Waals surface area contributed by atoms with E-state index in [0.717, 1.165) is 42.6 Å². The molecule has 1 N–H and O–H groups in total. The molecule has 24 heavy (non-hydrogen) atoms. The maximum atomic E-state index is 5.56. The van der Waals surface area contributed by atoms with Gasteiger partial charge in [0.1, 0.15) is 16.9 Å².